The van der Waals surface area contributed by atoms with Gasteiger partial charge >= 0.3 is 6.03 Å². The summed E-state index contributed by atoms with van der Waals surface area (Å²) in [4.78, 5) is 21.1. The molecular formula is C23H22ClN7O2. The molecule has 3 aromatic heterocycles. The van der Waals surface area contributed by atoms with E-state index in [9.17, 15) is 4.79 Å². The van der Waals surface area contributed by atoms with Gasteiger partial charge in [0, 0.05) is 29.3 Å². The second-order valence-electron chi connectivity index (χ2n) is 9.05. The SMILES string of the molecule is CC1(c2cc(NC(=O)Nc3ccc(-c4cn(C5CC5)c5ncnc(N)c45)cc3Cl)on2)CC1. The standard InChI is InChI=1S/C23H22ClN7O2/c1-23(6-7-23)17-9-18(33-30-17)29-22(32)28-16-5-2-12(8-15(16)24)14-10-31(13-3-4-13)21-19(14)20(25)26-11-27-21/h2,5,8-11,13H,3-4,6-7H2,1H3,(H2,25,26,27)(H2,28,29,32). The molecule has 4 N–H and O–H groups in total. The molecule has 0 spiro atoms. The topological polar surface area (TPSA) is 124 Å². The van der Waals surface area contributed by atoms with Gasteiger partial charge in [0.2, 0.25) is 5.88 Å². The number of benzene rings is 1. The van der Waals surface area contributed by atoms with Gasteiger partial charge in [-0.05, 0) is 43.4 Å². The molecule has 6 rings (SSSR count). The van der Waals surface area contributed by atoms with E-state index < -0.39 is 6.03 Å². The quantitative estimate of drug-likeness (QED) is 0.366. The second kappa shape index (κ2) is 7.21. The molecule has 4 aromatic rings. The van der Waals surface area contributed by atoms with E-state index in [4.69, 9.17) is 21.9 Å². The van der Waals surface area contributed by atoms with E-state index in [0.29, 0.717) is 28.5 Å². The Hall–Kier alpha value is -3.59. The zero-order valence-electron chi connectivity index (χ0n) is 17.9. The second-order valence-corrected chi connectivity index (χ2v) is 9.46. The van der Waals surface area contributed by atoms with Crippen molar-refractivity contribution in [2.24, 2.45) is 0 Å². The van der Waals surface area contributed by atoms with Crippen molar-refractivity contribution in [1.82, 2.24) is 19.7 Å². The van der Waals surface area contributed by atoms with Gasteiger partial charge in [0.1, 0.15) is 17.8 Å². The third kappa shape index (κ3) is 3.58. The number of nitrogens with one attached hydrogen (secondary N) is 2. The van der Waals surface area contributed by atoms with E-state index >= 15 is 0 Å². The number of aromatic nitrogens is 4. The summed E-state index contributed by atoms with van der Waals surface area (Å²) in [7, 11) is 0. The van der Waals surface area contributed by atoms with Crippen LogP contribution < -0.4 is 16.4 Å². The van der Waals surface area contributed by atoms with Gasteiger partial charge in [-0.2, -0.15) is 0 Å². The summed E-state index contributed by atoms with van der Waals surface area (Å²) in [6.45, 7) is 2.12. The fraction of sp³-hybridized carbons (Fsp3) is 0.304. The minimum absolute atomic E-state index is 0.0656. The molecule has 1 aromatic carbocycles. The van der Waals surface area contributed by atoms with Gasteiger partial charge in [-0.15, -0.1) is 0 Å². The van der Waals surface area contributed by atoms with Crippen LogP contribution in [0.2, 0.25) is 5.02 Å². The van der Waals surface area contributed by atoms with Crippen molar-refractivity contribution in [2.45, 2.75) is 44.1 Å². The highest BCUT2D eigenvalue weighted by atomic mass is 35.5. The van der Waals surface area contributed by atoms with Crippen molar-refractivity contribution in [3.8, 4) is 11.1 Å². The van der Waals surface area contributed by atoms with E-state index in [1.807, 2.05) is 6.07 Å². The first-order chi connectivity index (χ1) is 15.9. The molecule has 0 radical (unpaired) electrons. The molecule has 2 fully saturated rings. The third-order valence-electron chi connectivity index (χ3n) is 6.47. The number of carbonyl (C=O) groups excluding carboxylic acids is 1. The van der Waals surface area contributed by atoms with Crippen LogP contribution in [0.15, 0.2) is 41.3 Å². The Morgan fingerprint density at radius 1 is 1.24 bits per heavy atom. The number of amides is 2. The Kier molecular flexibility index (Phi) is 4.38. The number of nitrogens with zero attached hydrogens (tertiary/aromatic N) is 4. The molecule has 3 heterocycles. The Morgan fingerprint density at radius 3 is 2.79 bits per heavy atom. The van der Waals surface area contributed by atoms with E-state index in [-0.39, 0.29) is 5.41 Å². The number of halogens is 1. The van der Waals surface area contributed by atoms with Gasteiger partial charge in [0.25, 0.3) is 0 Å². The first-order valence-corrected chi connectivity index (χ1v) is 11.3. The highest BCUT2D eigenvalue weighted by Gasteiger charge is 2.42. The number of rotatable bonds is 5. The van der Waals surface area contributed by atoms with Gasteiger partial charge in [-0.1, -0.05) is 29.7 Å². The number of urea groups is 1. The van der Waals surface area contributed by atoms with Crippen molar-refractivity contribution in [1.29, 1.82) is 0 Å². The van der Waals surface area contributed by atoms with Crippen LogP contribution in [0.1, 0.15) is 44.3 Å². The van der Waals surface area contributed by atoms with E-state index in [2.05, 4.69) is 43.4 Å². The maximum Gasteiger partial charge on any atom is 0.326 e. The van der Waals surface area contributed by atoms with Crippen molar-refractivity contribution in [2.75, 3.05) is 16.4 Å². The lowest BCUT2D eigenvalue weighted by atomic mass is 10.1. The van der Waals surface area contributed by atoms with E-state index in [1.54, 1.807) is 18.2 Å². The highest BCUT2D eigenvalue weighted by molar-refractivity contribution is 6.34. The zero-order valence-corrected chi connectivity index (χ0v) is 18.7. The summed E-state index contributed by atoms with van der Waals surface area (Å²) < 4.78 is 7.40. The molecule has 2 aliphatic rings. The van der Waals surface area contributed by atoms with Crippen molar-refractivity contribution in [3.63, 3.8) is 0 Å². The summed E-state index contributed by atoms with van der Waals surface area (Å²) in [6, 6.07) is 7.19. The Balaban J connectivity index is 1.24. The molecule has 0 aliphatic heterocycles. The number of nitrogen functional groups attached to an aromatic ring is 1. The number of fused-ring (bicyclic) bond motifs is 1. The van der Waals surface area contributed by atoms with Gasteiger partial charge < -0.3 is 20.1 Å². The number of anilines is 3. The maximum atomic E-state index is 12.5. The zero-order chi connectivity index (χ0) is 22.7. The molecule has 0 saturated heterocycles. The van der Waals surface area contributed by atoms with Gasteiger partial charge in [-0.25, -0.2) is 14.8 Å². The van der Waals surface area contributed by atoms with Gasteiger partial charge in [-0.3, -0.25) is 5.32 Å². The minimum atomic E-state index is -0.462. The molecule has 0 unspecified atom stereocenters. The summed E-state index contributed by atoms with van der Waals surface area (Å²) in [5, 5.41) is 10.7. The smallest absolute Gasteiger partial charge is 0.326 e. The van der Waals surface area contributed by atoms with Crippen molar-refractivity contribution >= 4 is 46.1 Å². The molecule has 2 saturated carbocycles. The van der Waals surface area contributed by atoms with Crippen LogP contribution in [0.3, 0.4) is 0 Å². The molecule has 2 aliphatic carbocycles. The van der Waals surface area contributed by atoms with Crippen molar-refractivity contribution in [3.05, 3.63) is 47.5 Å². The molecule has 10 heteroatoms. The van der Waals surface area contributed by atoms with Crippen LogP contribution in [-0.2, 0) is 5.41 Å². The molecule has 2 amide bonds. The average Bonchev–Trinajstić information content (AvgIpc) is 3.68. The van der Waals surface area contributed by atoms with Crippen LogP contribution in [0, 0.1) is 0 Å². The normalized spacial score (nSPS) is 16.7. The minimum Gasteiger partial charge on any atom is -0.383 e. The maximum absolute atomic E-state index is 12.5. The van der Waals surface area contributed by atoms with Crippen molar-refractivity contribution < 1.29 is 9.32 Å². The number of carbonyl (C=O) groups is 1. The fourth-order valence-corrected chi connectivity index (χ4v) is 4.30. The molecule has 168 valence electrons. The Morgan fingerprint density at radius 2 is 2.06 bits per heavy atom. The van der Waals surface area contributed by atoms with Crippen LogP contribution in [0.5, 0.6) is 0 Å². The summed E-state index contributed by atoms with van der Waals surface area (Å²) >= 11 is 6.52. The monoisotopic (exact) mass is 463 g/mol. The van der Waals surface area contributed by atoms with Gasteiger partial charge in [0.15, 0.2) is 0 Å². The third-order valence-corrected chi connectivity index (χ3v) is 6.79. The van der Waals surface area contributed by atoms with E-state index in [0.717, 1.165) is 53.5 Å². The van der Waals surface area contributed by atoms with Crippen LogP contribution in [-0.4, -0.2) is 25.7 Å². The number of hydrogen-bond acceptors (Lipinski definition) is 6. The molecule has 9 nitrogen and oxygen atoms in total. The Bertz CT molecular complexity index is 1400. The van der Waals surface area contributed by atoms with E-state index in [1.165, 1.54) is 6.33 Å². The Labute approximate surface area is 194 Å². The lowest BCUT2D eigenvalue weighted by Gasteiger charge is -2.09. The van der Waals surface area contributed by atoms with Crippen LogP contribution in [0.4, 0.5) is 22.2 Å². The largest absolute Gasteiger partial charge is 0.383 e. The van der Waals surface area contributed by atoms with Gasteiger partial charge in [0.05, 0.1) is 21.8 Å². The lowest BCUT2D eigenvalue weighted by Crippen LogP contribution is -2.19. The lowest BCUT2D eigenvalue weighted by molar-refractivity contribution is 0.261. The molecule has 0 atom stereocenters. The summed E-state index contributed by atoms with van der Waals surface area (Å²) in [6.07, 6.45) is 7.94. The average molecular weight is 464 g/mol. The molecule has 0 bridgehead atoms. The summed E-state index contributed by atoms with van der Waals surface area (Å²) in [5.74, 6) is 0.727. The molecule has 33 heavy (non-hydrogen) atoms. The van der Waals surface area contributed by atoms with Crippen LogP contribution >= 0.6 is 11.6 Å². The predicted octanol–water partition coefficient (Wildman–Crippen LogP) is 5.35. The first kappa shape index (κ1) is 20.0. The number of hydrogen-bond donors (Lipinski definition) is 3. The molecular weight excluding hydrogens is 442 g/mol. The first-order valence-electron chi connectivity index (χ1n) is 10.9. The highest BCUT2D eigenvalue weighted by Crippen LogP contribution is 2.47. The number of nitrogens with two attached hydrogens (primary N) is 1. The fourth-order valence-electron chi connectivity index (χ4n) is 4.07. The summed E-state index contributed by atoms with van der Waals surface area (Å²) in [5.41, 5.74) is 10.2. The van der Waals surface area contributed by atoms with Crippen LogP contribution in [0.25, 0.3) is 22.2 Å². The predicted molar refractivity (Wildman–Crippen MR) is 126 cm³/mol.